The first-order valence-corrected chi connectivity index (χ1v) is 3.88. The van der Waals surface area contributed by atoms with Crippen LogP contribution in [0.3, 0.4) is 0 Å². The average Bonchev–Trinajstić information content (AvgIpc) is 2.03. The molecule has 0 aromatic carbocycles. The van der Waals surface area contributed by atoms with Gasteiger partial charge >= 0.3 is 0 Å². The molecule has 0 bridgehead atoms. The van der Waals surface area contributed by atoms with E-state index < -0.39 is 5.92 Å². The minimum atomic E-state index is -0.640. The average molecular weight is 162 g/mol. The molecule has 0 spiro atoms. The van der Waals surface area contributed by atoms with Gasteiger partial charge in [-0.15, -0.1) is 0 Å². The lowest BCUT2D eigenvalue weighted by Crippen LogP contribution is -2.18. The third-order valence-electron chi connectivity index (χ3n) is 1.84. The molecule has 0 aliphatic carbocycles. The molecule has 1 heterocycles. The number of hydrogen-bond acceptors (Lipinski definition) is 2. The van der Waals surface area contributed by atoms with Gasteiger partial charge in [-0.3, -0.25) is 4.79 Å². The van der Waals surface area contributed by atoms with E-state index in [1.807, 2.05) is 19.1 Å². The minimum absolute atomic E-state index is 0.325. The fourth-order valence-electron chi connectivity index (χ4n) is 1.23. The van der Waals surface area contributed by atoms with E-state index in [1.54, 1.807) is 6.92 Å². The van der Waals surface area contributed by atoms with Gasteiger partial charge in [-0.05, 0) is 25.0 Å². The van der Waals surface area contributed by atoms with Gasteiger partial charge in [-0.25, -0.2) is 4.99 Å². The third kappa shape index (κ3) is 1.42. The molecule has 1 unspecified atom stereocenters. The molecule has 1 amide bonds. The highest BCUT2D eigenvalue weighted by Crippen LogP contribution is 2.19. The van der Waals surface area contributed by atoms with Gasteiger partial charge in [0.15, 0.2) is 0 Å². The van der Waals surface area contributed by atoms with Crippen LogP contribution in [-0.4, -0.2) is 11.6 Å². The molecule has 3 heteroatoms. The highest BCUT2D eigenvalue weighted by atomic mass is 16.1. The first-order valence-electron chi connectivity index (χ1n) is 3.88. The van der Waals surface area contributed by atoms with E-state index in [-0.39, 0.29) is 5.91 Å². The first-order chi connectivity index (χ1) is 5.69. The molecule has 0 aromatic heterocycles. The first kappa shape index (κ1) is 8.66. The van der Waals surface area contributed by atoms with Crippen LogP contribution < -0.4 is 0 Å². The number of carbonyl (C=O) groups excluding carboxylic acids is 1. The maximum Gasteiger partial charge on any atom is 0.267 e. The fourth-order valence-corrected chi connectivity index (χ4v) is 1.23. The molecule has 1 aliphatic rings. The van der Waals surface area contributed by atoms with Crippen molar-refractivity contribution < 1.29 is 4.79 Å². The summed E-state index contributed by atoms with van der Waals surface area (Å²) in [6.45, 7) is 3.70. The molecule has 0 saturated heterocycles. The lowest BCUT2D eigenvalue weighted by atomic mass is 9.94. The monoisotopic (exact) mass is 162 g/mol. The number of rotatable bonds is 1. The van der Waals surface area contributed by atoms with E-state index in [4.69, 9.17) is 5.26 Å². The predicted molar refractivity (Wildman–Crippen MR) is 45.6 cm³/mol. The molecule has 0 saturated carbocycles. The van der Waals surface area contributed by atoms with Crippen LogP contribution in [0.2, 0.25) is 0 Å². The number of hydrogen-bond donors (Lipinski definition) is 0. The summed E-state index contributed by atoms with van der Waals surface area (Å²) >= 11 is 0. The number of amides is 1. The van der Waals surface area contributed by atoms with Gasteiger partial charge in [0.25, 0.3) is 5.91 Å². The van der Waals surface area contributed by atoms with Crippen molar-refractivity contribution >= 4 is 11.6 Å². The zero-order chi connectivity index (χ0) is 9.14. The van der Waals surface area contributed by atoms with Gasteiger partial charge in [-0.2, -0.15) is 5.26 Å². The largest absolute Gasteiger partial charge is 0.271 e. The molecule has 0 fully saturated rings. The van der Waals surface area contributed by atoms with Crippen LogP contribution in [0.15, 0.2) is 16.6 Å². The highest BCUT2D eigenvalue weighted by Gasteiger charge is 2.24. The summed E-state index contributed by atoms with van der Waals surface area (Å²) in [6.07, 6.45) is 2.55. The van der Waals surface area contributed by atoms with Gasteiger partial charge in [0.2, 0.25) is 0 Å². The van der Waals surface area contributed by atoms with Crippen molar-refractivity contribution in [3.8, 4) is 6.07 Å². The smallest absolute Gasteiger partial charge is 0.267 e. The van der Waals surface area contributed by atoms with E-state index in [0.717, 1.165) is 12.0 Å². The second-order valence-corrected chi connectivity index (χ2v) is 2.73. The molecular weight excluding hydrogens is 152 g/mol. The molecule has 1 rings (SSSR count). The van der Waals surface area contributed by atoms with Crippen LogP contribution in [0.1, 0.15) is 20.3 Å². The second-order valence-electron chi connectivity index (χ2n) is 2.73. The molecule has 0 aromatic rings. The Labute approximate surface area is 71.4 Å². The van der Waals surface area contributed by atoms with Crippen LogP contribution in [-0.2, 0) is 4.79 Å². The molecule has 62 valence electrons. The van der Waals surface area contributed by atoms with Crippen LogP contribution in [0.4, 0.5) is 0 Å². The summed E-state index contributed by atoms with van der Waals surface area (Å²) in [4.78, 5) is 14.9. The van der Waals surface area contributed by atoms with Gasteiger partial charge in [0, 0.05) is 5.71 Å². The van der Waals surface area contributed by atoms with E-state index in [2.05, 4.69) is 4.99 Å². The van der Waals surface area contributed by atoms with Gasteiger partial charge in [0.1, 0.15) is 5.92 Å². The molecule has 1 atom stereocenters. The van der Waals surface area contributed by atoms with Crippen molar-refractivity contribution in [3.63, 3.8) is 0 Å². The van der Waals surface area contributed by atoms with Crippen molar-refractivity contribution in [3.05, 3.63) is 11.6 Å². The summed E-state index contributed by atoms with van der Waals surface area (Å²) in [5.74, 6) is -0.965. The number of nitriles is 1. The fraction of sp³-hybridized carbons (Fsp3) is 0.444. The Morgan fingerprint density at radius 2 is 2.42 bits per heavy atom. The highest BCUT2D eigenvalue weighted by molar-refractivity contribution is 6.06. The maximum absolute atomic E-state index is 11.2. The summed E-state index contributed by atoms with van der Waals surface area (Å²) in [5, 5.41) is 8.67. The van der Waals surface area contributed by atoms with E-state index in [1.165, 1.54) is 0 Å². The normalized spacial score (nSPS) is 22.8. The number of nitrogens with zero attached hydrogens (tertiary/aromatic N) is 2. The maximum atomic E-state index is 11.2. The van der Waals surface area contributed by atoms with Crippen LogP contribution in [0.5, 0.6) is 0 Å². The zero-order valence-corrected chi connectivity index (χ0v) is 7.16. The Kier molecular flexibility index (Phi) is 2.39. The second kappa shape index (κ2) is 3.31. The Hall–Kier alpha value is -1.43. The van der Waals surface area contributed by atoms with Crippen LogP contribution in [0.25, 0.3) is 0 Å². The molecular formula is C9H10N2O. The van der Waals surface area contributed by atoms with Crippen molar-refractivity contribution in [1.29, 1.82) is 5.26 Å². The molecule has 12 heavy (non-hydrogen) atoms. The zero-order valence-electron chi connectivity index (χ0n) is 7.16. The van der Waals surface area contributed by atoms with Crippen molar-refractivity contribution in [2.45, 2.75) is 20.3 Å². The third-order valence-corrected chi connectivity index (χ3v) is 1.84. The molecule has 0 radical (unpaired) electrons. The van der Waals surface area contributed by atoms with Crippen molar-refractivity contribution in [1.82, 2.24) is 0 Å². The summed E-state index contributed by atoms with van der Waals surface area (Å²) in [6, 6.07) is 1.95. The quantitative estimate of drug-likeness (QED) is 0.586. The molecule has 3 nitrogen and oxygen atoms in total. The van der Waals surface area contributed by atoms with E-state index in [0.29, 0.717) is 5.71 Å². The van der Waals surface area contributed by atoms with E-state index >= 15 is 0 Å². The molecule has 0 N–H and O–H groups in total. The number of dihydropyridines is 1. The number of carbonyl (C=O) groups is 1. The summed E-state index contributed by atoms with van der Waals surface area (Å²) in [5.41, 5.74) is 1.57. The molecule has 1 aliphatic heterocycles. The Balaban J connectivity index is 3.03. The minimum Gasteiger partial charge on any atom is -0.271 e. The van der Waals surface area contributed by atoms with Crippen LogP contribution in [0, 0.1) is 17.2 Å². The van der Waals surface area contributed by atoms with Gasteiger partial charge in [0.05, 0.1) is 6.07 Å². The van der Waals surface area contributed by atoms with Gasteiger partial charge in [-0.1, -0.05) is 6.92 Å². The Morgan fingerprint density at radius 3 is 2.92 bits per heavy atom. The Bertz CT molecular complexity index is 307. The number of aliphatic imine (C=N–C) groups is 1. The van der Waals surface area contributed by atoms with E-state index in [9.17, 15) is 4.79 Å². The van der Waals surface area contributed by atoms with Crippen LogP contribution >= 0.6 is 0 Å². The Morgan fingerprint density at radius 1 is 1.75 bits per heavy atom. The van der Waals surface area contributed by atoms with Crippen molar-refractivity contribution in [2.75, 3.05) is 0 Å². The van der Waals surface area contributed by atoms with Crippen molar-refractivity contribution in [2.24, 2.45) is 10.9 Å². The SMILES string of the molecule is CCC1=CC(C)=NC(=O)C1C#N. The summed E-state index contributed by atoms with van der Waals surface area (Å²) < 4.78 is 0. The topological polar surface area (TPSA) is 53.2 Å². The summed E-state index contributed by atoms with van der Waals surface area (Å²) in [7, 11) is 0. The lowest BCUT2D eigenvalue weighted by Gasteiger charge is -2.12. The number of allylic oxidation sites excluding steroid dienone is 1. The van der Waals surface area contributed by atoms with Gasteiger partial charge < -0.3 is 0 Å². The lowest BCUT2D eigenvalue weighted by molar-refractivity contribution is -0.119. The standard InChI is InChI=1S/C9H10N2O/c1-3-7-4-6(2)11-9(12)8(7)5-10/h4,8H,3H2,1-2H3. The predicted octanol–water partition coefficient (Wildman–Crippen LogP) is 1.46.